The first kappa shape index (κ1) is 20.7. The van der Waals surface area contributed by atoms with Gasteiger partial charge >= 0.3 is 11.9 Å². The summed E-state index contributed by atoms with van der Waals surface area (Å²) in [6, 6.07) is 0. The Morgan fingerprint density at radius 1 is 0.957 bits per heavy atom. The van der Waals surface area contributed by atoms with Gasteiger partial charge in [-0.1, -0.05) is 43.2 Å². The van der Waals surface area contributed by atoms with E-state index in [1.54, 1.807) is 6.08 Å². The van der Waals surface area contributed by atoms with Gasteiger partial charge < -0.3 is 9.47 Å². The highest BCUT2D eigenvalue weighted by Crippen LogP contribution is 2.15. The van der Waals surface area contributed by atoms with Crippen molar-refractivity contribution >= 4 is 11.9 Å². The van der Waals surface area contributed by atoms with E-state index in [0.717, 1.165) is 12.8 Å². The van der Waals surface area contributed by atoms with Crippen LogP contribution in [0.5, 0.6) is 0 Å². The third-order valence-corrected chi connectivity index (χ3v) is 2.84. The highest BCUT2D eigenvalue weighted by molar-refractivity contribution is 5.67. The summed E-state index contributed by atoms with van der Waals surface area (Å²) in [6.07, 6.45) is 18.1. The zero-order valence-electron chi connectivity index (χ0n) is 14.2. The molecule has 0 aromatic rings. The normalized spacial score (nSPS) is 14.0. The molecule has 0 fully saturated rings. The first-order valence-electron chi connectivity index (χ1n) is 7.76. The molecule has 23 heavy (non-hydrogen) atoms. The zero-order valence-corrected chi connectivity index (χ0v) is 14.2. The van der Waals surface area contributed by atoms with E-state index >= 15 is 0 Å². The Balaban J connectivity index is 4.85. The number of terminal acetylenes is 1. The van der Waals surface area contributed by atoms with Gasteiger partial charge in [0, 0.05) is 26.7 Å². The fraction of sp³-hybridized carbons (Fsp3) is 0.474. The fourth-order valence-electron chi connectivity index (χ4n) is 1.92. The summed E-state index contributed by atoms with van der Waals surface area (Å²) >= 11 is 0. The van der Waals surface area contributed by atoms with Crippen LogP contribution in [0, 0.1) is 12.3 Å². The lowest BCUT2D eigenvalue weighted by Gasteiger charge is -2.24. The number of allylic oxidation sites excluding steroid dienone is 4. The predicted molar refractivity (Wildman–Crippen MR) is 91.5 cm³/mol. The molecular formula is C19H26O4. The summed E-state index contributed by atoms with van der Waals surface area (Å²) in [6.45, 7) is 4.74. The molecule has 4 heteroatoms. The van der Waals surface area contributed by atoms with Gasteiger partial charge in [-0.3, -0.25) is 9.59 Å². The van der Waals surface area contributed by atoms with E-state index in [1.165, 1.54) is 19.9 Å². The minimum absolute atomic E-state index is 0.394. The highest BCUT2D eigenvalue weighted by atomic mass is 16.6. The number of hydrogen-bond acceptors (Lipinski definition) is 4. The van der Waals surface area contributed by atoms with Gasteiger partial charge in [0.1, 0.15) is 12.2 Å². The van der Waals surface area contributed by atoms with Crippen molar-refractivity contribution in [1.29, 1.82) is 0 Å². The number of rotatable bonds is 10. The molecule has 0 radical (unpaired) electrons. The Hall–Kier alpha value is -2.28. The largest absolute Gasteiger partial charge is 0.458 e. The number of hydrogen-bond donors (Lipinski definition) is 0. The first-order valence-corrected chi connectivity index (χ1v) is 7.76. The van der Waals surface area contributed by atoms with Gasteiger partial charge in [-0.25, -0.2) is 0 Å². The molecule has 0 saturated heterocycles. The second-order valence-corrected chi connectivity index (χ2v) is 4.92. The summed E-state index contributed by atoms with van der Waals surface area (Å²) in [5.41, 5.74) is 0. The molecule has 2 atom stereocenters. The lowest BCUT2D eigenvalue weighted by atomic mass is 10.1. The molecule has 0 N–H and O–H groups in total. The maximum Gasteiger partial charge on any atom is 0.303 e. The van der Waals surface area contributed by atoms with E-state index in [-0.39, 0.29) is 0 Å². The minimum atomic E-state index is -0.558. The van der Waals surface area contributed by atoms with Crippen LogP contribution in [0.4, 0.5) is 0 Å². The van der Waals surface area contributed by atoms with Crippen LogP contribution in [0.25, 0.3) is 0 Å². The number of carbonyl (C=O) groups excluding carboxylic acids is 2. The van der Waals surface area contributed by atoms with Crippen LogP contribution < -0.4 is 0 Å². The van der Waals surface area contributed by atoms with Gasteiger partial charge in [-0.05, 0) is 18.9 Å². The highest BCUT2D eigenvalue weighted by Gasteiger charge is 2.25. The van der Waals surface area contributed by atoms with Crippen molar-refractivity contribution in [3.05, 3.63) is 36.5 Å². The van der Waals surface area contributed by atoms with E-state index in [0.29, 0.717) is 12.8 Å². The molecular weight excluding hydrogens is 292 g/mol. The number of carbonyl (C=O) groups is 2. The smallest absolute Gasteiger partial charge is 0.303 e. The SMILES string of the molecule is C#C/C=C\C[C@@H](OC(C)=O)[C@H](C/C=C\C/C=C/CC)OC(C)=O. The van der Waals surface area contributed by atoms with Crippen LogP contribution >= 0.6 is 0 Å². The third-order valence-electron chi connectivity index (χ3n) is 2.84. The Morgan fingerprint density at radius 2 is 1.48 bits per heavy atom. The molecule has 0 aliphatic carbocycles. The molecule has 0 spiro atoms. The average Bonchev–Trinajstić information content (AvgIpc) is 2.48. The van der Waals surface area contributed by atoms with E-state index in [1.807, 2.05) is 12.2 Å². The van der Waals surface area contributed by atoms with Crippen LogP contribution in [-0.2, 0) is 19.1 Å². The molecule has 126 valence electrons. The number of esters is 2. The summed E-state index contributed by atoms with van der Waals surface area (Å²) in [5.74, 6) is 1.55. The summed E-state index contributed by atoms with van der Waals surface area (Å²) in [5, 5.41) is 0. The molecule has 0 unspecified atom stereocenters. The van der Waals surface area contributed by atoms with E-state index in [9.17, 15) is 9.59 Å². The van der Waals surface area contributed by atoms with Gasteiger partial charge in [0.2, 0.25) is 0 Å². The fourth-order valence-corrected chi connectivity index (χ4v) is 1.92. The second kappa shape index (κ2) is 13.4. The maximum absolute atomic E-state index is 11.3. The molecule has 4 nitrogen and oxygen atoms in total. The van der Waals surface area contributed by atoms with Crippen molar-refractivity contribution in [3.8, 4) is 12.3 Å². The topological polar surface area (TPSA) is 52.6 Å². The zero-order chi connectivity index (χ0) is 17.5. The van der Waals surface area contributed by atoms with E-state index in [2.05, 4.69) is 25.0 Å². The average molecular weight is 318 g/mol. The predicted octanol–water partition coefficient (Wildman–Crippen LogP) is 3.73. The van der Waals surface area contributed by atoms with Gasteiger partial charge in [0.15, 0.2) is 0 Å². The monoisotopic (exact) mass is 318 g/mol. The summed E-state index contributed by atoms with van der Waals surface area (Å²) in [7, 11) is 0. The Kier molecular flexibility index (Phi) is 12.1. The summed E-state index contributed by atoms with van der Waals surface area (Å²) < 4.78 is 10.6. The first-order chi connectivity index (χ1) is 11.0. The minimum Gasteiger partial charge on any atom is -0.458 e. The van der Waals surface area contributed by atoms with Crippen molar-refractivity contribution in [2.75, 3.05) is 0 Å². The van der Waals surface area contributed by atoms with Crippen LogP contribution in [0.2, 0.25) is 0 Å². The van der Waals surface area contributed by atoms with Gasteiger partial charge in [0.25, 0.3) is 0 Å². The molecule has 0 aliphatic heterocycles. The molecule has 0 rings (SSSR count). The van der Waals surface area contributed by atoms with Crippen molar-refractivity contribution in [2.45, 2.75) is 58.7 Å². The van der Waals surface area contributed by atoms with E-state index in [4.69, 9.17) is 15.9 Å². The van der Waals surface area contributed by atoms with Gasteiger partial charge in [0.05, 0.1) is 0 Å². The van der Waals surface area contributed by atoms with E-state index < -0.39 is 24.1 Å². The van der Waals surface area contributed by atoms with Crippen LogP contribution in [0.3, 0.4) is 0 Å². The molecule has 0 aliphatic rings. The Labute approximate surface area is 139 Å². The van der Waals surface area contributed by atoms with Crippen molar-refractivity contribution < 1.29 is 19.1 Å². The lowest BCUT2D eigenvalue weighted by molar-refractivity contribution is -0.164. The van der Waals surface area contributed by atoms with Crippen LogP contribution in [0.1, 0.15) is 46.5 Å². The van der Waals surface area contributed by atoms with Crippen molar-refractivity contribution in [3.63, 3.8) is 0 Å². The number of ether oxygens (including phenoxy) is 2. The van der Waals surface area contributed by atoms with Gasteiger partial charge in [-0.15, -0.1) is 6.42 Å². The molecule has 0 aromatic carbocycles. The van der Waals surface area contributed by atoms with Gasteiger partial charge in [-0.2, -0.15) is 0 Å². The third kappa shape index (κ3) is 12.0. The summed E-state index contributed by atoms with van der Waals surface area (Å²) in [4.78, 5) is 22.6. The lowest BCUT2D eigenvalue weighted by Crippen LogP contribution is -2.33. The quantitative estimate of drug-likeness (QED) is 0.350. The van der Waals surface area contributed by atoms with Crippen molar-refractivity contribution in [2.24, 2.45) is 0 Å². The molecule has 0 heterocycles. The molecule has 0 saturated carbocycles. The van der Waals surface area contributed by atoms with Crippen LogP contribution in [-0.4, -0.2) is 24.1 Å². The maximum atomic E-state index is 11.3. The van der Waals surface area contributed by atoms with Crippen LogP contribution in [0.15, 0.2) is 36.5 Å². The Morgan fingerprint density at radius 3 is 1.96 bits per heavy atom. The Bertz CT molecular complexity index is 480. The van der Waals surface area contributed by atoms with Crippen molar-refractivity contribution in [1.82, 2.24) is 0 Å². The standard InChI is InChI=1S/C19H26O4/c1-5-7-9-10-11-13-15-19(23-17(4)21)18(22-16(3)20)14-12-8-6-2/h2,7-9,11-13,18-19H,5,10,14-15H2,1,3-4H3/b9-7+,12-8-,13-11-/t18-,19+/m1/s1. The molecule has 0 aromatic heterocycles. The second-order valence-electron chi connectivity index (χ2n) is 4.92. The molecule has 0 bridgehead atoms. The molecule has 0 amide bonds.